The molecule has 0 aliphatic carbocycles. The molecular weight excluding hydrogens is 415 g/mol. The molecule has 3 aromatic carbocycles. The van der Waals surface area contributed by atoms with Crippen LogP contribution in [0.4, 0.5) is 15.8 Å². The maximum absolute atomic E-state index is 13.5. The van der Waals surface area contributed by atoms with Crippen molar-refractivity contribution >= 4 is 29.2 Å². The highest BCUT2D eigenvalue weighted by Crippen LogP contribution is 2.48. The van der Waals surface area contributed by atoms with Crippen LogP contribution >= 0.6 is 0 Å². The van der Waals surface area contributed by atoms with Gasteiger partial charge in [0, 0.05) is 0 Å². The average molecular weight is 432 g/mol. The van der Waals surface area contributed by atoms with E-state index in [0.717, 1.165) is 4.90 Å². The smallest absolute Gasteiger partial charge is 0.336 e. The molecule has 3 aromatic rings. The van der Waals surface area contributed by atoms with E-state index in [9.17, 15) is 23.9 Å². The summed E-state index contributed by atoms with van der Waals surface area (Å²) in [5, 5.41) is 11.2. The van der Waals surface area contributed by atoms with Crippen LogP contribution in [0.3, 0.4) is 0 Å². The Balaban J connectivity index is 1.63. The SMILES string of the molecule is O=C(O)c1ccccc1[C@@H]1[C@H]2C(=O)N(c3ccc(F)cc3)C(=O)[C@H]2ON1c1ccccc1. The van der Waals surface area contributed by atoms with Crippen LogP contribution in [0.2, 0.25) is 0 Å². The molecule has 2 aliphatic rings. The van der Waals surface area contributed by atoms with Crippen LogP contribution in [0.25, 0.3) is 0 Å². The number of hydrogen-bond acceptors (Lipinski definition) is 5. The fraction of sp³-hybridized carbons (Fsp3) is 0.125. The molecule has 2 fully saturated rings. The molecule has 8 heteroatoms. The number of rotatable bonds is 4. The summed E-state index contributed by atoms with van der Waals surface area (Å²) in [6, 6.07) is 19.4. The first-order valence-electron chi connectivity index (χ1n) is 9.94. The van der Waals surface area contributed by atoms with Crippen molar-refractivity contribution in [3.8, 4) is 0 Å². The van der Waals surface area contributed by atoms with Crippen molar-refractivity contribution in [2.24, 2.45) is 5.92 Å². The van der Waals surface area contributed by atoms with Crippen LogP contribution in [0.15, 0.2) is 78.9 Å². The zero-order valence-corrected chi connectivity index (χ0v) is 16.6. The zero-order valence-electron chi connectivity index (χ0n) is 16.6. The number of carboxylic acids is 1. The first-order valence-corrected chi connectivity index (χ1v) is 9.94. The molecule has 32 heavy (non-hydrogen) atoms. The number of benzene rings is 3. The quantitative estimate of drug-likeness (QED) is 0.635. The summed E-state index contributed by atoms with van der Waals surface area (Å²) in [4.78, 5) is 45.6. The first kappa shape index (κ1) is 19.9. The fourth-order valence-corrected chi connectivity index (χ4v) is 4.32. The third-order valence-corrected chi connectivity index (χ3v) is 5.72. The number of aromatic carboxylic acids is 1. The van der Waals surface area contributed by atoms with Gasteiger partial charge in [-0.1, -0.05) is 36.4 Å². The van der Waals surface area contributed by atoms with Crippen molar-refractivity contribution in [1.29, 1.82) is 0 Å². The van der Waals surface area contributed by atoms with Gasteiger partial charge in [-0.25, -0.2) is 19.1 Å². The zero-order chi connectivity index (χ0) is 22.4. The maximum atomic E-state index is 13.5. The van der Waals surface area contributed by atoms with Crippen LogP contribution in [-0.2, 0) is 14.4 Å². The van der Waals surface area contributed by atoms with E-state index < -0.39 is 41.7 Å². The summed E-state index contributed by atoms with van der Waals surface area (Å²) in [7, 11) is 0. The van der Waals surface area contributed by atoms with Crippen molar-refractivity contribution in [2.75, 3.05) is 9.96 Å². The second-order valence-electron chi connectivity index (χ2n) is 7.54. The minimum Gasteiger partial charge on any atom is -0.478 e. The van der Waals surface area contributed by atoms with Gasteiger partial charge in [-0.2, -0.15) is 0 Å². The Hall–Kier alpha value is -4.04. The minimum absolute atomic E-state index is 0.0168. The van der Waals surface area contributed by atoms with Gasteiger partial charge in [-0.05, 0) is 48.0 Å². The summed E-state index contributed by atoms with van der Waals surface area (Å²) in [5.41, 5.74) is 1.19. The molecule has 1 N–H and O–H groups in total. The van der Waals surface area contributed by atoms with Gasteiger partial charge in [0.1, 0.15) is 11.7 Å². The van der Waals surface area contributed by atoms with Gasteiger partial charge < -0.3 is 5.11 Å². The van der Waals surface area contributed by atoms with E-state index >= 15 is 0 Å². The number of carbonyl (C=O) groups is 3. The lowest BCUT2D eigenvalue weighted by Crippen LogP contribution is -2.37. The van der Waals surface area contributed by atoms with E-state index in [1.54, 1.807) is 42.5 Å². The molecule has 2 amide bonds. The lowest BCUT2D eigenvalue weighted by molar-refractivity contribution is -0.126. The van der Waals surface area contributed by atoms with Crippen molar-refractivity contribution in [3.05, 3.63) is 95.8 Å². The molecule has 2 aliphatic heterocycles. The normalized spacial score (nSPS) is 22.3. The van der Waals surface area contributed by atoms with E-state index in [2.05, 4.69) is 0 Å². The molecule has 7 nitrogen and oxygen atoms in total. The summed E-state index contributed by atoms with van der Waals surface area (Å²) in [6.45, 7) is 0. The van der Waals surface area contributed by atoms with Gasteiger partial charge in [0.05, 0.1) is 23.0 Å². The molecule has 2 saturated heterocycles. The summed E-state index contributed by atoms with van der Waals surface area (Å²) < 4.78 is 13.4. The largest absolute Gasteiger partial charge is 0.478 e. The minimum atomic E-state index is -1.15. The van der Waals surface area contributed by atoms with E-state index in [1.165, 1.54) is 35.4 Å². The van der Waals surface area contributed by atoms with Crippen LogP contribution in [0.5, 0.6) is 0 Å². The Bertz CT molecular complexity index is 1210. The summed E-state index contributed by atoms with van der Waals surface area (Å²) in [6.07, 6.45) is -1.14. The van der Waals surface area contributed by atoms with Gasteiger partial charge in [-0.3, -0.25) is 14.4 Å². The Morgan fingerprint density at radius 1 is 0.844 bits per heavy atom. The lowest BCUT2D eigenvalue weighted by Gasteiger charge is -2.29. The van der Waals surface area contributed by atoms with Gasteiger partial charge in [-0.15, -0.1) is 0 Å². The predicted molar refractivity (Wildman–Crippen MR) is 112 cm³/mol. The molecule has 0 aromatic heterocycles. The second kappa shape index (κ2) is 7.58. The standard InChI is InChI=1S/C24H17FN2O5/c25-14-10-12-15(13-11-14)26-22(28)19-20(17-8-4-5-9-18(17)24(30)31)27(32-21(19)23(26)29)16-6-2-1-3-7-16/h1-13,19-21H,(H,30,31)/t19-,20-,21+/m1/s1. The molecule has 0 saturated carbocycles. The number of hydrogen-bond donors (Lipinski definition) is 1. The summed E-state index contributed by atoms with van der Waals surface area (Å²) >= 11 is 0. The number of anilines is 2. The number of fused-ring (bicyclic) bond motifs is 1. The van der Waals surface area contributed by atoms with Gasteiger partial charge >= 0.3 is 5.97 Å². The maximum Gasteiger partial charge on any atom is 0.336 e. The van der Waals surface area contributed by atoms with E-state index in [-0.39, 0.29) is 11.3 Å². The van der Waals surface area contributed by atoms with Crippen molar-refractivity contribution < 1.29 is 28.7 Å². The van der Waals surface area contributed by atoms with Gasteiger partial charge in [0.2, 0.25) is 5.91 Å². The van der Waals surface area contributed by atoms with E-state index in [4.69, 9.17) is 4.84 Å². The number of nitrogens with zero attached hydrogens (tertiary/aromatic N) is 2. The monoisotopic (exact) mass is 432 g/mol. The average Bonchev–Trinajstić information content (AvgIpc) is 3.31. The Kier molecular flexibility index (Phi) is 4.71. The third-order valence-electron chi connectivity index (χ3n) is 5.72. The van der Waals surface area contributed by atoms with Crippen molar-refractivity contribution in [3.63, 3.8) is 0 Å². The molecule has 0 unspecified atom stereocenters. The number of halogens is 1. The van der Waals surface area contributed by atoms with Crippen LogP contribution < -0.4 is 9.96 Å². The molecule has 3 atom stereocenters. The molecule has 5 rings (SSSR count). The van der Waals surface area contributed by atoms with E-state index in [0.29, 0.717) is 11.3 Å². The molecular formula is C24H17FN2O5. The Morgan fingerprint density at radius 3 is 2.19 bits per heavy atom. The van der Waals surface area contributed by atoms with E-state index in [1.807, 2.05) is 6.07 Å². The number of imide groups is 1. The molecule has 0 radical (unpaired) electrons. The Morgan fingerprint density at radius 2 is 1.50 bits per heavy atom. The highest BCUT2D eigenvalue weighted by molar-refractivity contribution is 6.24. The van der Waals surface area contributed by atoms with Crippen molar-refractivity contribution in [1.82, 2.24) is 0 Å². The number of carbonyl (C=O) groups excluding carboxylic acids is 2. The molecule has 0 bridgehead atoms. The number of para-hydroxylation sites is 1. The molecule has 2 heterocycles. The highest BCUT2D eigenvalue weighted by Gasteiger charge is 2.60. The summed E-state index contributed by atoms with van der Waals surface area (Å²) in [5.74, 6) is -3.73. The van der Waals surface area contributed by atoms with Crippen molar-refractivity contribution in [2.45, 2.75) is 12.1 Å². The number of amides is 2. The first-order chi connectivity index (χ1) is 15.5. The van der Waals surface area contributed by atoms with Gasteiger partial charge in [0.25, 0.3) is 5.91 Å². The van der Waals surface area contributed by atoms with Crippen LogP contribution in [0.1, 0.15) is 22.0 Å². The number of hydroxylamine groups is 1. The fourth-order valence-electron chi connectivity index (χ4n) is 4.32. The topological polar surface area (TPSA) is 87.2 Å². The third kappa shape index (κ3) is 3.04. The molecule has 160 valence electrons. The lowest BCUT2D eigenvalue weighted by atomic mass is 9.88. The predicted octanol–water partition coefficient (Wildman–Crippen LogP) is 3.58. The van der Waals surface area contributed by atoms with Crippen LogP contribution in [0, 0.1) is 11.7 Å². The highest BCUT2D eigenvalue weighted by atomic mass is 19.1. The molecule has 0 spiro atoms. The van der Waals surface area contributed by atoms with Crippen LogP contribution in [-0.4, -0.2) is 29.0 Å². The number of carboxylic acid groups (broad SMARTS) is 1. The second-order valence-corrected chi connectivity index (χ2v) is 7.54. The van der Waals surface area contributed by atoms with Gasteiger partial charge in [0.15, 0.2) is 6.10 Å². The Labute approximate surface area is 182 Å².